The molecule has 0 saturated carbocycles. The fourth-order valence-electron chi connectivity index (χ4n) is 3.73. The molecule has 0 radical (unpaired) electrons. The van der Waals surface area contributed by atoms with E-state index in [1.165, 1.54) is 6.20 Å². The van der Waals surface area contributed by atoms with Gasteiger partial charge in [-0.3, -0.25) is 4.79 Å². The van der Waals surface area contributed by atoms with Crippen LogP contribution in [-0.2, 0) is 13.0 Å². The first-order valence-corrected chi connectivity index (χ1v) is 10.7. The van der Waals surface area contributed by atoms with Gasteiger partial charge in [-0.1, -0.05) is 71.7 Å². The van der Waals surface area contributed by atoms with Crippen LogP contribution in [-0.4, -0.2) is 20.7 Å². The molecule has 7 heteroatoms. The maximum Gasteiger partial charge on any atom is 0.341 e. The minimum Gasteiger partial charge on any atom is -0.477 e. The summed E-state index contributed by atoms with van der Waals surface area (Å²) in [7, 11) is 0. The Hall–Kier alpha value is -3.12. The van der Waals surface area contributed by atoms with Gasteiger partial charge in [0.15, 0.2) is 0 Å². The number of aliphatic hydroxyl groups is 1. The van der Waals surface area contributed by atoms with Gasteiger partial charge < -0.3 is 14.8 Å². The van der Waals surface area contributed by atoms with Crippen LogP contribution in [0.2, 0.25) is 10.0 Å². The molecule has 0 spiro atoms. The van der Waals surface area contributed by atoms with E-state index in [-0.39, 0.29) is 17.5 Å². The molecule has 2 N–H and O–H groups in total. The summed E-state index contributed by atoms with van der Waals surface area (Å²) < 4.78 is 1.61. The molecule has 1 aromatic heterocycles. The predicted octanol–water partition coefficient (Wildman–Crippen LogP) is 5.33. The zero-order valence-corrected chi connectivity index (χ0v) is 18.3. The number of carbonyl (C=O) groups is 1. The number of nitrogens with zero attached hydrogens (tertiary/aromatic N) is 1. The Morgan fingerprint density at radius 1 is 1.00 bits per heavy atom. The zero-order valence-electron chi connectivity index (χ0n) is 16.8. The number of hydrogen-bond acceptors (Lipinski definition) is 3. The lowest BCUT2D eigenvalue weighted by atomic mass is 10.0. The lowest BCUT2D eigenvalue weighted by Gasteiger charge is -2.17. The lowest BCUT2D eigenvalue weighted by Crippen LogP contribution is -2.20. The van der Waals surface area contributed by atoms with Crippen molar-refractivity contribution in [2.45, 2.75) is 19.1 Å². The molecule has 0 aliphatic carbocycles. The third-order valence-corrected chi connectivity index (χ3v) is 6.21. The van der Waals surface area contributed by atoms with Gasteiger partial charge in [-0.15, -0.1) is 0 Å². The van der Waals surface area contributed by atoms with Crippen molar-refractivity contribution < 1.29 is 15.0 Å². The average molecular weight is 468 g/mol. The predicted molar refractivity (Wildman–Crippen MR) is 126 cm³/mol. The molecule has 0 bridgehead atoms. The van der Waals surface area contributed by atoms with Crippen LogP contribution in [0.1, 0.15) is 33.2 Å². The standard InChI is InChI=1S/C25H19Cl2NO4/c26-20-8-4-7-17(23(20)27)11-15-9-10-21-18(12-15)24(30)19(25(31)32)13-28(21)14-22(29)16-5-2-1-3-6-16/h1-10,12-13,22,29H,11,14H2,(H,31,32). The Morgan fingerprint density at radius 3 is 2.47 bits per heavy atom. The Balaban J connectivity index is 1.79. The summed E-state index contributed by atoms with van der Waals surface area (Å²) in [4.78, 5) is 24.6. The Bertz CT molecular complexity index is 1370. The van der Waals surface area contributed by atoms with Gasteiger partial charge in [0.2, 0.25) is 5.43 Å². The van der Waals surface area contributed by atoms with Crippen LogP contribution in [0.3, 0.4) is 0 Å². The van der Waals surface area contributed by atoms with Crippen molar-refractivity contribution in [1.29, 1.82) is 0 Å². The minimum absolute atomic E-state index is 0.0978. The van der Waals surface area contributed by atoms with Gasteiger partial charge in [0.1, 0.15) is 5.56 Å². The highest BCUT2D eigenvalue weighted by molar-refractivity contribution is 6.42. The monoisotopic (exact) mass is 467 g/mol. The molecular weight excluding hydrogens is 449 g/mol. The second-order valence-corrected chi connectivity index (χ2v) is 8.28. The smallest absolute Gasteiger partial charge is 0.341 e. The molecule has 0 amide bonds. The van der Waals surface area contributed by atoms with Crippen molar-refractivity contribution in [3.63, 3.8) is 0 Å². The number of rotatable bonds is 6. The molecule has 0 fully saturated rings. The van der Waals surface area contributed by atoms with Crippen LogP contribution in [0, 0.1) is 0 Å². The molecule has 1 heterocycles. The molecule has 4 aromatic rings. The van der Waals surface area contributed by atoms with Gasteiger partial charge in [0.05, 0.1) is 28.2 Å². The van der Waals surface area contributed by atoms with E-state index in [1.54, 1.807) is 41.0 Å². The maximum atomic E-state index is 12.9. The summed E-state index contributed by atoms with van der Waals surface area (Å²) >= 11 is 12.4. The van der Waals surface area contributed by atoms with Crippen molar-refractivity contribution in [3.8, 4) is 0 Å². The van der Waals surface area contributed by atoms with Crippen LogP contribution in [0.25, 0.3) is 10.9 Å². The molecule has 1 atom stereocenters. The number of halogens is 2. The third kappa shape index (κ3) is 4.41. The quantitative estimate of drug-likeness (QED) is 0.401. The van der Waals surface area contributed by atoms with Gasteiger partial charge in [-0.05, 0) is 41.3 Å². The normalized spacial score (nSPS) is 12.1. The second-order valence-electron chi connectivity index (χ2n) is 7.50. The Labute approximate surface area is 194 Å². The number of carboxylic acid groups (broad SMARTS) is 1. The fraction of sp³-hybridized carbons (Fsp3) is 0.120. The molecule has 0 saturated heterocycles. The summed E-state index contributed by atoms with van der Waals surface area (Å²) in [5, 5.41) is 21.4. The Kier molecular flexibility index (Phi) is 6.33. The van der Waals surface area contributed by atoms with E-state index in [2.05, 4.69) is 0 Å². The third-order valence-electron chi connectivity index (χ3n) is 5.36. The van der Waals surface area contributed by atoms with Gasteiger partial charge in [0, 0.05) is 11.6 Å². The largest absolute Gasteiger partial charge is 0.477 e. The summed E-state index contributed by atoms with van der Waals surface area (Å²) in [6.07, 6.45) is 0.847. The van der Waals surface area contributed by atoms with Crippen molar-refractivity contribution in [2.24, 2.45) is 0 Å². The zero-order chi connectivity index (χ0) is 22.8. The molecule has 4 rings (SSSR count). The molecule has 5 nitrogen and oxygen atoms in total. The first kappa shape index (κ1) is 22.1. The van der Waals surface area contributed by atoms with E-state index < -0.39 is 17.5 Å². The molecule has 0 aliphatic heterocycles. The number of aliphatic hydroxyl groups excluding tert-OH is 1. The minimum atomic E-state index is -1.32. The number of aromatic nitrogens is 1. The molecule has 32 heavy (non-hydrogen) atoms. The maximum absolute atomic E-state index is 12.9. The van der Waals surface area contributed by atoms with Crippen LogP contribution >= 0.6 is 23.2 Å². The summed E-state index contributed by atoms with van der Waals surface area (Å²) in [5.41, 5.74) is 1.90. The summed E-state index contributed by atoms with van der Waals surface area (Å²) in [6, 6.07) is 19.7. The highest BCUT2D eigenvalue weighted by Crippen LogP contribution is 2.28. The SMILES string of the molecule is O=C(O)c1cn(CC(O)c2ccccc2)c2ccc(Cc3cccc(Cl)c3Cl)cc2c1=O. The number of hydrogen-bond donors (Lipinski definition) is 2. The number of aromatic carboxylic acids is 1. The van der Waals surface area contributed by atoms with E-state index in [9.17, 15) is 19.8 Å². The number of carboxylic acids is 1. The van der Waals surface area contributed by atoms with E-state index in [0.29, 0.717) is 27.5 Å². The van der Waals surface area contributed by atoms with E-state index in [1.807, 2.05) is 30.3 Å². The highest BCUT2D eigenvalue weighted by atomic mass is 35.5. The van der Waals surface area contributed by atoms with Crippen LogP contribution in [0.5, 0.6) is 0 Å². The van der Waals surface area contributed by atoms with E-state index in [4.69, 9.17) is 23.2 Å². The molecule has 3 aromatic carbocycles. The first-order chi connectivity index (χ1) is 15.3. The number of benzene rings is 3. The van der Waals surface area contributed by atoms with Crippen LogP contribution in [0.15, 0.2) is 77.7 Å². The summed E-state index contributed by atoms with van der Waals surface area (Å²) in [6.45, 7) is 0.0978. The first-order valence-electron chi connectivity index (χ1n) is 9.90. The Morgan fingerprint density at radius 2 is 1.75 bits per heavy atom. The van der Waals surface area contributed by atoms with Crippen molar-refractivity contribution in [2.75, 3.05) is 0 Å². The van der Waals surface area contributed by atoms with Gasteiger partial charge in [-0.2, -0.15) is 0 Å². The molecule has 162 valence electrons. The molecular formula is C25H19Cl2NO4. The fourth-order valence-corrected chi connectivity index (χ4v) is 4.12. The van der Waals surface area contributed by atoms with Crippen molar-refractivity contribution in [3.05, 3.63) is 115 Å². The average Bonchev–Trinajstić information content (AvgIpc) is 2.79. The molecule has 0 aliphatic rings. The van der Waals surface area contributed by atoms with Crippen LogP contribution in [0.4, 0.5) is 0 Å². The van der Waals surface area contributed by atoms with Crippen LogP contribution < -0.4 is 5.43 Å². The summed E-state index contributed by atoms with van der Waals surface area (Å²) in [5.74, 6) is -1.32. The molecule has 1 unspecified atom stereocenters. The highest BCUT2D eigenvalue weighted by Gasteiger charge is 2.17. The van der Waals surface area contributed by atoms with Crippen molar-refractivity contribution in [1.82, 2.24) is 4.57 Å². The number of pyridine rings is 1. The van der Waals surface area contributed by atoms with E-state index >= 15 is 0 Å². The van der Waals surface area contributed by atoms with Gasteiger partial charge in [0.25, 0.3) is 0 Å². The van der Waals surface area contributed by atoms with E-state index in [0.717, 1.165) is 11.1 Å². The second kappa shape index (κ2) is 9.17. The topological polar surface area (TPSA) is 79.5 Å². The van der Waals surface area contributed by atoms with Gasteiger partial charge >= 0.3 is 5.97 Å². The lowest BCUT2D eigenvalue weighted by molar-refractivity contribution is 0.0694. The van der Waals surface area contributed by atoms with Crippen molar-refractivity contribution >= 4 is 40.1 Å². The number of fused-ring (bicyclic) bond motifs is 1. The van der Waals surface area contributed by atoms with Gasteiger partial charge in [-0.25, -0.2) is 4.79 Å².